The Morgan fingerprint density at radius 1 is 1.03 bits per heavy atom. The Morgan fingerprint density at radius 2 is 1.66 bits per heavy atom. The van der Waals surface area contributed by atoms with Gasteiger partial charge in [0.15, 0.2) is 0 Å². The second-order valence-corrected chi connectivity index (χ2v) is 7.63. The lowest BCUT2D eigenvalue weighted by Crippen LogP contribution is -2.48. The second-order valence-electron chi connectivity index (χ2n) is 7.63. The van der Waals surface area contributed by atoms with Gasteiger partial charge in [0.1, 0.15) is 0 Å². The average molecular weight is 446 g/mol. The average Bonchev–Trinajstić information content (AvgIpc) is 3.11. The topological polar surface area (TPSA) is 120 Å². The molecule has 2 fully saturated rings. The van der Waals surface area contributed by atoms with Crippen LogP contribution >= 0.6 is 0 Å². The Hall–Kier alpha value is -3.27. The van der Waals surface area contributed by atoms with Crippen molar-refractivity contribution in [2.24, 2.45) is 5.92 Å². The fourth-order valence-corrected chi connectivity index (χ4v) is 4.13. The molecule has 32 heavy (non-hydrogen) atoms. The fraction of sp³-hybridized carbons (Fsp3) is 0.500. The molecule has 0 aliphatic carbocycles. The van der Waals surface area contributed by atoms with Crippen LogP contribution in [0, 0.1) is 5.92 Å². The van der Waals surface area contributed by atoms with Crippen LogP contribution in [0.1, 0.15) is 46.9 Å². The number of esters is 3. The fourth-order valence-electron chi connectivity index (χ4n) is 4.13. The molecule has 0 bridgehead atoms. The summed E-state index contributed by atoms with van der Waals surface area (Å²) < 4.78 is 14.5. The number of carbonyl (C=O) groups excluding carboxylic acids is 5. The normalized spacial score (nSPS) is 21.4. The highest BCUT2D eigenvalue weighted by Crippen LogP contribution is 2.30. The van der Waals surface area contributed by atoms with Crippen molar-refractivity contribution in [3.63, 3.8) is 0 Å². The van der Waals surface area contributed by atoms with Gasteiger partial charge in [0, 0.05) is 6.54 Å². The summed E-state index contributed by atoms with van der Waals surface area (Å²) in [6, 6.07) is 3.20. The summed E-state index contributed by atoms with van der Waals surface area (Å²) in [5.74, 6) is -3.04. The first-order valence-electron chi connectivity index (χ1n) is 10.4. The maximum Gasteiger partial charge on any atom is 0.337 e. The van der Waals surface area contributed by atoms with Gasteiger partial charge >= 0.3 is 17.9 Å². The summed E-state index contributed by atoms with van der Waals surface area (Å²) >= 11 is 0. The Balaban J connectivity index is 1.88. The number of carbonyl (C=O) groups is 5. The van der Waals surface area contributed by atoms with Gasteiger partial charge < -0.3 is 14.2 Å². The Labute approximate surface area is 185 Å². The molecule has 2 amide bonds. The van der Waals surface area contributed by atoms with Crippen LogP contribution in [0.25, 0.3) is 0 Å². The lowest BCUT2D eigenvalue weighted by atomic mass is 9.96. The number of likely N-dealkylation sites (tertiary alicyclic amines) is 1. The van der Waals surface area contributed by atoms with Crippen molar-refractivity contribution in [3.05, 3.63) is 29.3 Å². The van der Waals surface area contributed by atoms with Crippen molar-refractivity contribution in [2.75, 3.05) is 38.8 Å². The van der Waals surface area contributed by atoms with Crippen molar-refractivity contribution in [2.45, 2.75) is 32.2 Å². The molecule has 172 valence electrons. The Kier molecular flexibility index (Phi) is 7.24. The summed E-state index contributed by atoms with van der Waals surface area (Å²) in [5.41, 5.74) is 0.106. The van der Waals surface area contributed by atoms with Gasteiger partial charge in [-0.2, -0.15) is 0 Å². The number of rotatable bonds is 6. The standard InChI is InChI=1S/C22H26N2O8/c1-4-32-22(29)13-6-5-7-23(12-13)17-11-18(25)24(19(17)26)16-9-14(20(27)30-2)8-15(10-16)21(28)31-3/h8-10,13,17H,4-7,11-12H2,1-3H3/t13-,17+/m1/s1. The maximum atomic E-state index is 13.2. The number of piperidine rings is 1. The van der Waals surface area contributed by atoms with Gasteiger partial charge in [-0.05, 0) is 44.5 Å². The number of benzene rings is 1. The predicted octanol–water partition coefficient (Wildman–Crippen LogP) is 1.17. The molecule has 2 heterocycles. The number of hydrogen-bond acceptors (Lipinski definition) is 9. The summed E-state index contributed by atoms with van der Waals surface area (Å²) in [6.45, 7) is 2.92. The first-order valence-corrected chi connectivity index (χ1v) is 10.4. The number of methoxy groups -OCH3 is 2. The zero-order valence-corrected chi connectivity index (χ0v) is 18.3. The van der Waals surface area contributed by atoms with Crippen LogP contribution in [0.2, 0.25) is 0 Å². The van der Waals surface area contributed by atoms with Crippen LogP contribution in [-0.2, 0) is 28.6 Å². The largest absolute Gasteiger partial charge is 0.466 e. The molecular weight excluding hydrogens is 420 g/mol. The van der Waals surface area contributed by atoms with Gasteiger partial charge in [-0.15, -0.1) is 0 Å². The zero-order valence-electron chi connectivity index (χ0n) is 18.3. The molecule has 1 aromatic rings. The van der Waals surface area contributed by atoms with Gasteiger partial charge in [0.05, 0.1) is 56.0 Å². The van der Waals surface area contributed by atoms with Gasteiger partial charge in [0.25, 0.3) is 5.91 Å². The molecule has 3 rings (SSSR count). The van der Waals surface area contributed by atoms with Crippen LogP contribution < -0.4 is 4.90 Å². The maximum absolute atomic E-state index is 13.2. The van der Waals surface area contributed by atoms with Crippen LogP contribution in [0.5, 0.6) is 0 Å². The van der Waals surface area contributed by atoms with Gasteiger partial charge in [-0.25, -0.2) is 14.5 Å². The van der Waals surface area contributed by atoms with Crippen molar-refractivity contribution in [3.8, 4) is 0 Å². The monoisotopic (exact) mass is 446 g/mol. The van der Waals surface area contributed by atoms with Gasteiger partial charge in [0.2, 0.25) is 5.91 Å². The molecule has 0 N–H and O–H groups in total. The summed E-state index contributed by atoms with van der Waals surface area (Å²) in [6.07, 6.45) is 1.30. The molecule has 1 aromatic carbocycles. The Bertz CT molecular complexity index is 910. The highest BCUT2D eigenvalue weighted by atomic mass is 16.5. The quantitative estimate of drug-likeness (QED) is 0.360. The predicted molar refractivity (Wildman–Crippen MR) is 111 cm³/mol. The molecule has 2 saturated heterocycles. The molecule has 0 unspecified atom stereocenters. The number of amides is 2. The minimum Gasteiger partial charge on any atom is -0.466 e. The molecule has 0 saturated carbocycles. The van der Waals surface area contributed by atoms with Crippen molar-refractivity contribution in [1.82, 2.24) is 4.90 Å². The number of ether oxygens (including phenoxy) is 3. The molecule has 10 heteroatoms. The number of nitrogens with zero attached hydrogens (tertiary/aromatic N) is 2. The van der Waals surface area contributed by atoms with Crippen molar-refractivity contribution >= 4 is 35.4 Å². The second kappa shape index (κ2) is 9.90. The van der Waals surface area contributed by atoms with Crippen LogP contribution in [0.15, 0.2) is 18.2 Å². The van der Waals surface area contributed by atoms with E-state index in [-0.39, 0.29) is 41.7 Å². The van der Waals surface area contributed by atoms with E-state index >= 15 is 0 Å². The number of imide groups is 1. The molecule has 0 aromatic heterocycles. The van der Waals surface area contributed by atoms with E-state index in [4.69, 9.17) is 14.2 Å². The van der Waals surface area contributed by atoms with E-state index in [1.165, 1.54) is 32.4 Å². The lowest BCUT2D eigenvalue weighted by Gasteiger charge is -2.34. The summed E-state index contributed by atoms with van der Waals surface area (Å²) in [5, 5.41) is 0. The third-order valence-corrected chi connectivity index (χ3v) is 5.65. The van der Waals surface area contributed by atoms with E-state index in [1.807, 2.05) is 4.90 Å². The first-order chi connectivity index (χ1) is 15.3. The molecule has 2 aliphatic heterocycles. The van der Waals surface area contributed by atoms with E-state index in [0.717, 1.165) is 4.90 Å². The SMILES string of the molecule is CCOC(=O)[C@@H]1CCCN([C@H]2CC(=O)N(c3cc(C(=O)OC)cc(C(=O)OC)c3)C2=O)C1. The van der Waals surface area contributed by atoms with E-state index < -0.39 is 29.8 Å². The van der Waals surface area contributed by atoms with Gasteiger partial charge in [-0.1, -0.05) is 0 Å². The minimum atomic E-state index is -0.733. The molecule has 0 spiro atoms. The molecule has 2 atom stereocenters. The Morgan fingerprint density at radius 3 is 2.22 bits per heavy atom. The molecule has 2 aliphatic rings. The highest BCUT2D eigenvalue weighted by molar-refractivity contribution is 6.23. The van der Waals surface area contributed by atoms with E-state index in [1.54, 1.807) is 6.92 Å². The summed E-state index contributed by atoms with van der Waals surface area (Å²) in [4.78, 5) is 65.1. The van der Waals surface area contributed by atoms with Crippen molar-refractivity contribution in [1.29, 1.82) is 0 Å². The van der Waals surface area contributed by atoms with E-state index in [0.29, 0.717) is 25.9 Å². The zero-order chi connectivity index (χ0) is 23.4. The third kappa shape index (κ3) is 4.64. The summed E-state index contributed by atoms with van der Waals surface area (Å²) in [7, 11) is 2.37. The minimum absolute atomic E-state index is 0.00907. The van der Waals surface area contributed by atoms with E-state index in [9.17, 15) is 24.0 Å². The van der Waals surface area contributed by atoms with Crippen molar-refractivity contribution < 1.29 is 38.2 Å². The lowest BCUT2D eigenvalue weighted by molar-refractivity contribution is -0.150. The molecule has 10 nitrogen and oxygen atoms in total. The van der Waals surface area contributed by atoms with Crippen LogP contribution in [-0.4, -0.2) is 74.6 Å². The number of anilines is 1. The molecule has 0 radical (unpaired) electrons. The van der Waals surface area contributed by atoms with Crippen LogP contribution in [0.3, 0.4) is 0 Å². The highest BCUT2D eigenvalue weighted by Gasteiger charge is 2.45. The van der Waals surface area contributed by atoms with Gasteiger partial charge in [-0.3, -0.25) is 19.3 Å². The number of hydrogen-bond donors (Lipinski definition) is 0. The third-order valence-electron chi connectivity index (χ3n) is 5.65. The van der Waals surface area contributed by atoms with E-state index in [2.05, 4.69) is 0 Å². The smallest absolute Gasteiger partial charge is 0.337 e. The van der Waals surface area contributed by atoms with Crippen LogP contribution in [0.4, 0.5) is 5.69 Å². The first kappa shape index (κ1) is 23.4. The molecular formula is C22H26N2O8.